The van der Waals surface area contributed by atoms with Crippen LogP contribution in [0.25, 0.3) is 0 Å². The van der Waals surface area contributed by atoms with Crippen LogP contribution in [0.3, 0.4) is 0 Å². The molecular weight excluding hydrogens is 192 g/mol. The number of amides is 1. The Morgan fingerprint density at radius 2 is 2.27 bits per heavy atom. The highest BCUT2D eigenvalue weighted by Gasteiger charge is 2.09. The van der Waals surface area contributed by atoms with E-state index in [0.717, 1.165) is 0 Å². The number of carbonyl (C=O) groups is 1. The van der Waals surface area contributed by atoms with E-state index in [9.17, 15) is 9.90 Å². The number of hydrogen-bond donors (Lipinski definition) is 2. The third-order valence-corrected chi connectivity index (χ3v) is 1.92. The fourth-order valence-electron chi connectivity index (χ4n) is 1.24. The molecule has 0 aliphatic rings. The summed E-state index contributed by atoms with van der Waals surface area (Å²) in [6.45, 7) is 1.62. The number of nitrogens with one attached hydrogen (secondary N) is 1. The highest BCUT2D eigenvalue weighted by atomic mass is 16.3. The number of nitriles is 1. The molecule has 4 nitrogen and oxygen atoms in total. The number of aliphatic hydroxyl groups excluding tert-OH is 1. The topological polar surface area (TPSA) is 73.1 Å². The maximum Gasteiger partial charge on any atom is 0.238 e. The summed E-state index contributed by atoms with van der Waals surface area (Å²) in [7, 11) is 0. The van der Waals surface area contributed by atoms with Crippen molar-refractivity contribution in [2.24, 2.45) is 0 Å². The molecule has 0 spiro atoms. The van der Waals surface area contributed by atoms with Gasteiger partial charge in [0.05, 0.1) is 12.2 Å². The molecule has 0 aromatic heterocycles. The van der Waals surface area contributed by atoms with Gasteiger partial charge in [-0.25, -0.2) is 0 Å². The smallest absolute Gasteiger partial charge is 0.238 e. The zero-order chi connectivity index (χ0) is 11.3. The van der Waals surface area contributed by atoms with Crippen molar-refractivity contribution in [3.63, 3.8) is 0 Å². The van der Waals surface area contributed by atoms with Crippen LogP contribution in [0.4, 0.5) is 5.69 Å². The highest BCUT2D eigenvalue weighted by Crippen LogP contribution is 2.22. The van der Waals surface area contributed by atoms with Crippen molar-refractivity contribution in [1.29, 1.82) is 5.26 Å². The molecule has 0 saturated carbocycles. The molecule has 0 bridgehead atoms. The van der Waals surface area contributed by atoms with Crippen LogP contribution in [0.1, 0.15) is 25.0 Å². The van der Waals surface area contributed by atoms with Gasteiger partial charge in [0.2, 0.25) is 5.91 Å². The Morgan fingerprint density at radius 1 is 1.60 bits per heavy atom. The van der Waals surface area contributed by atoms with Crippen molar-refractivity contribution in [1.82, 2.24) is 0 Å². The van der Waals surface area contributed by atoms with Gasteiger partial charge in [0.25, 0.3) is 0 Å². The summed E-state index contributed by atoms with van der Waals surface area (Å²) >= 11 is 0. The summed E-state index contributed by atoms with van der Waals surface area (Å²) < 4.78 is 0. The van der Waals surface area contributed by atoms with Crippen LogP contribution in [0.2, 0.25) is 0 Å². The standard InChI is InChI=1S/C11H12N2O2/c1-8(14)9-4-2-3-5-10(9)13-11(15)6-7-12/h2-5,8,14H,6H2,1H3,(H,13,15). The summed E-state index contributed by atoms with van der Waals surface area (Å²) in [5.74, 6) is -0.370. The highest BCUT2D eigenvalue weighted by molar-refractivity contribution is 5.92. The van der Waals surface area contributed by atoms with Crippen molar-refractivity contribution in [2.45, 2.75) is 19.4 Å². The number of nitrogens with zero attached hydrogens (tertiary/aromatic N) is 1. The molecular formula is C11H12N2O2. The Balaban J connectivity index is 2.85. The molecule has 15 heavy (non-hydrogen) atoms. The van der Waals surface area contributed by atoms with E-state index in [-0.39, 0.29) is 12.3 Å². The molecule has 1 rings (SSSR count). The van der Waals surface area contributed by atoms with E-state index in [1.807, 2.05) is 0 Å². The second kappa shape index (κ2) is 5.13. The van der Waals surface area contributed by atoms with E-state index in [2.05, 4.69) is 5.32 Å². The van der Waals surface area contributed by atoms with E-state index in [1.54, 1.807) is 37.3 Å². The van der Waals surface area contributed by atoms with Crippen LogP contribution < -0.4 is 5.32 Å². The number of hydrogen-bond acceptors (Lipinski definition) is 3. The van der Waals surface area contributed by atoms with E-state index in [4.69, 9.17) is 5.26 Å². The number of carbonyl (C=O) groups excluding carboxylic acids is 1. The van der Waals surface area contributed by atoms with Gasteiger partial charge >= 0.3 is 0 Å². The van der Waals surface area contributed by atoms with Gasteiger partial charge in [0.1, 0.15) is 6.42 Å². The molecule has 0 fully saturated rings. The fourth-order valence-corrected chi connectivity index (χ4v) is 1.24. The Kier molecular flexibility index (Phi) is 3.83. The fraction of sp³-hybridized carbons (Fsp3) is 0.273. The summed E-state index contributed by atoms with van der Waals surface area (Å²) in [6, 6.07) is 8.72. The zero-order valence-electron chi connectivity index (χ0n) is 8.40. The Labute approximate surface area is 88.2 Å². The van der Waals surface area contributed by atoms with Crippen LogP contribution >= 0.6 is 0 Å². The lowest BCUT2D eigenvalue weighted by Gasteiger charge is -2.11. The van der Waals surface area contributed by atoms with Gasteiger partial charge < -0.3 is 10.4 Å². The summed E-state index contributed by atoms with van der Waals surface area (Å²) in [5.41, 5.74) is 1.19. The molecule has 0 aliphatic heterocycles. The third kappa shape index (κ3) is 3.08. The van der Waals surface area contributed by atoms with E-state index in [1.165, 1.54) is 0 Å². The van der Waals surface area contributed by atoms with Gasteiger partial charge in [-0.2, -0.15) is 5.26 Å². The van der Waals surface area contributed by atoms with Gasteiger partial charge in [-0.3, -0.25) is 4.79 Å². The van der Waals surface area contributed by atoms with E-state index in [0.29, 0.717) is 11.3 Å². The molecule has 0 aliphatic carbocycles. The van der Waals surface area contributed by atoms with Crippen LogP contribution in [0, 0.1) is 11.3 Å². The van der Waals surface area contributed by atoms with Gasteiger partial charge in [0, 0.05) is 11.3 Å². The van der Waals surface area contributed by atoms with E-state index < -0.39 is 6.10 Å². The Bertz CT molecular complexity index is 394. The third-order valence-electron chi connectivity index (χ3n) is 1.92. The first-order chi connectivity index (χ1) is 7.15. The van der Waals surface area contributed by atoms with Gasteiger partial charge in [-0.1, -0.05) is 18.2 Å². The molecule has 78 valence electrons. The molecule has 1 amide bonds. The van der Waals surface area contributed by atoms with Crippen molar-refractivity contribution >= 4 is 11.6 Å². The van der Waals surface area contributed by atoms with Crippen LogP contribution in [-0.2, 0) is 4.79 Å². The van der Waals surface area contributed by atoms with E-state index >= 15 is 0 Å². The number of aliphatic hydroxyl groups is 1. The normalized spacial score (nSPS) is 11.5. The second-order valence-electron chi connectivity index (χ2n) is 3.15. The first kappa shape index (κ1) is 11.2. The predicted molar refractivity (Wildman–Crippen MR) is 55.9 cm³/mol. The molecule has 0 radical (unpaired) electrons. The number of rotatable bonds is 3. The molecule has 1 aromatic carbocycles. The molecule has 1 atom stereocenters. The molecule has 0 saturated heterocycles. The first-order valence-electron chi connectivity index (χ1n) is 4.59. The lowest BCUT2D eigenvalue weighted by Crippen LogP contribution is -2.12. The minimum Gasteiger partial charge on any atom is -0.389 e. The lowest BCUT2D eigenvalue weighted by molar-refractivity contribution is -0.115. The Hall–Kier alpha value is -1.86. The minimum atomic E-state index is -0.649. The zero-order valence-corrected chi connectivity index (χ0v) is 8.40. The van der Waals surface area contributed by atoms with Gasteiger partial charge in [-0.05, 0) is 13.0 Å². The SMILES string of the molecule is CC(O)c1ccccc1NC(=O)CC#N. The predicted octanol–water partition coefficient (Wildman–Crippen LogP) is 1.59. The molecule has 2 N–H and O–H groups in total. The quantitative estimate of drug-likeness (QED) is 0.785. The largest absolute Gasteiger partial charge is 0.389 e. The second-order valence-corrected chi connectivity index (χ2v) is 3.15. The van der Waals surface area contributed by atoms with Crippen LogP contribution in [0.15, 0.2) is 24.3 Å². The summed E-state index contributed by atoms with van der Waals surface area (Å²) in [4.78, 5) is 11.2. The van der Waals surface area contributed by atoms with Crippen molar-refractivity contribution < 1.29 is 9.90 Å². The summed E-state index contributed by atoms with van der Waals surface area (Å²) in [5, 5.41) is 20.3. The average molecular weight is 204 g/mol. The number of anilines is 1. The molecule has 1 unspecified atom stereocenters. The molecule has 4 heteroatoms. The molecule has 0 heterocycles. The van der Waals surface area contributed by atoms with Crippen LogP contribution in [0.5, 0.6) is 0 Å². The van der Waals surface area contributed by atoms with Gasteiger partial charge in [0.15, 0.2) is 0 Å². The van der Waals surface area contributed by atoms with Crippen LogP contribution in [-0.4, -0.2) is 11.0 Å². The Morgan fingerprint density at radius 3 is 2.87 bits per heavy atom. The lowest BCUT2D eigenvalue weighted by atomic mass is 10.1. The molecule has 1 aromatic rings. The van der Waals surface area contributed by atoms with Crippen molar-refractivity contribution in [3.05, 3.63) is 29.8 Å². The first-order valence-corrected chi connectivity index (χ1v) is 4.59. The minimum absolute atomic E-state index is 0.186. The van der Waals surface area contributed by atoms with Gasteiger partial charge in [-0.15, -0.1) is 0 Å². The number of para-hydroxylation sites is 1. The maximum atomic E-state index is 11.2. The monoisotopic (exact) mass is 204 g/mol. The average Bonchev–Trinajstić information content (AvgIpc) is 2.18. The maximum absolute atomic E-state index is 11.2. The van der Waals surface area contributed by atoms with Crippen molar-refractivity contribution in [2.75, 3.05) is 5.32 Å². The number of benzene rings is 1. The van der Waals surface area contributed by atoms with Crippen molar-refractivity contribution in [3.8, 4) is 6.07 Å². The summed E-state index contributed by atoms with van der Waals surface area (Å²) in [6.07, 6.45) is -0.836.